The first kappa shape index (κ1) is 46.2. The molecule has 5 heteroatoms. The number of nitrogens with zero attached hydrogens (tertiary/aromatic N) is 1. The Morgan fingerprint density at radius 1 is 0.763 bits per heavy atom. The average Bonchev–Trinajstić information content (AvgIpc) is 3.60. The summed E-state index contributed by atoms with van der Waals surface area (Å²) in [4.78, 5) is 18.6. The summed E-state index contributed by atoms with van der Waals surface area (Å²) in [6, 6.07) is 32.7. The van der Waals surface area contributed by atoms with Gasteiger partial charge in [-0.3, -0.25) is 9.78 Å². The van der Waals surface area contributed by atoms with Crippen molar-refractivity contribution in [1.29, 1.82) is 0 Å². The van der Waals surface area contributed by atoms with Crippen LogP contribution in [-0.2, 0) is 35.7 Å². The van der Waals surface area contributed by atoms with Crippen LogP contribution in [0.3, 0.4) is 0 Å². The molecule has 1 aliphatic carbocycles. The van der Waals surface area contributed by atoms with Gasteiger partial charge in [0.15, 0.2) is 5.78 Å². The number of allylic oxidation sites excluding steroid dienone is 2. The molecule has 7 rings (SSSR count). The van der Waals surface area contributed by atoms with Crippen LogP contribution >= 0.6 is 11.3 Å². The van der Waals surface area contributed by atoms with Crippen LogP contribution in [-0.4, -0.2) is 15.9 Å². The van der Waals surface area contributed by atoms with Crippen LogP contribution in [0.5, 0.6) is 0 Å². The third-order valence-electron chi connectivity index (χ3n) is 12.4. The minimum Gasteiger partial charge on any atom is -0.512 e. The molecule has 0 saturated carbocycles. The molecule has 4 aromatic carbocycles. The largest absolute Gasteiger partial charge is 0.512 e. The second-order valence-corrected chi connectivity index (χ2v) is 20.4. The predicted octanol–water partition coefficient (Wildman–Crippen LogP) is 15.3. The van der Waals surface area contributed by atoms with Gasteiger partial charge in [-0.15, -0.1) is 40.5 Å². The van der Waals surface area contributed by atoms with Crippen LogP contribution in [0.25, 0.3) is 53.7 Å². The van der Waals surface area contributed by atoms with E-state index in [1.54, 1.807) is 0 Å². The van der Waals surface area contributed by atoms with Crippen LogP contribution < -0.4 is 0 Å². The van der Waals surface area contributed by atoms with Crippen LogP contribution in [0.2, 0.25) is 0 Å². The molecule has 6 aromatic rings. The van der Waals surface area contributed by atoms with Crippen molar-refractivity contribution in [2.24, 2.45) is 35.5 Å². The van der Waals surface area contributed by atoms with E-state index in [1.165, 1.54) is 65.4 Å². The van der Waals surface area contributed by atoms with E-state index in [9.17, 15) is 9.90 Å². The molecule has 0 saturated heterocycles. The van der Waals surface area contributed by atoms with Gasteiger partial charge >= 0.3 is 0 Å². The van der Waals surface area contributed by atoms with Crippen LogP contribution in [0.4, 0.5) is 0 Å². The van der Waals surface area contributed by atoms with Gasteiger partial charge in [0.1, 0.15) is 0 Å². The number of rotatable bonds is 9. The van der Waals surface area contributed by atoms with Crippen molar-refractivity contribution in [3.8, 4) is 32.8 Å². The summed E-state index contributed by atoms with van der Waals surface area (Å²) in [7, 11) is 0. The van der Waals surface area contributed by atoms with E-state index in [1.807, 2.05) is 17.5 Å². The van der Waals surface area contributed by atoms with Crippen LogP contribution in [0.15, 0.2) is 96.9 Å². The van der Waals surface area contributed by atoms with Crippen molar-refractivity contribution >= 4 is 38.0 Å². The molecule has 0 aliphatic heterocycles. The Hall–Kier alpha value is -3.89. The van der Waals surface area contributed by atoms with Crippen molar-refractivity contribution in [3.63, 3.8) is 0 Å². The molecule has 0 atom stereocenters. The topological polar surface area (TPSA) is 50.2 Å². The molecule has 0 fully saturated rings. The fraction of sp³-hybridized carbons (Fsp3) is 0.407. The monoisotopic (exact) mass is 983 g/mol. The molecule has 1 aliphatic rings. The fourth-order valence-electron chi connectivity index (χ4n) is 9.66. The van der Waals surface area contributed by atoms with Gasteiger partial charge in [-0.05, 0) is 86.9 Å². The first-order valence-electron chi connectivity index (χ1n) is 21.3. The first-order valence-corrected chi connectivity index (χ1v) is 22.1. The summed E-state index contributed by atoms with van der Waals surface area (Å²) in [5.41, 5.74) is 11.6. The number of aliphatic hydroxyl groups is 1. The number of thiophene rings is 1. The Kier molecular flexibility index (Phi) is 14.1. The quantitative estimate of drug-likeness (QED) is 0.0892. The number of carbonyl (C=O) groups is 1. The normalized spacial score (nSPS) is 13.7. The minimum absolute atomic E-state index is 0. The number of pyridine rings is 1. The van der Waals surface area contributed by atoms with E-state index >= 15 is 0 Å². The van der Waals surface area contributed by atoms with E-state index in [0.717, 1.165) is 16.6 Å². The number of aromatic nitrogens is 1. The predicted molar refractivity (Wildman–Crippen MR) is 250 cm³/mol. The fourth-order valence-corrected chi connectivity index (χ4v) is 11.0. The zero-order valence-corrected chi connectivity index (χ0v) is 40.9. The molecule has 313 valence electrons. The Balaban J connectivity index is 0.000000283. The third-order valence-corrected chi connectivity index (χ3v) is 13.7. The molecule has 0 spiro atoms. The van der Waals surface area contributed by atoms with E-state index in [-0.39, 0.29) is 54.3 Å². The summed E-state index contributed by atoms with van der Waals surface area (Å²) >= 11 is 1.86. The Labute approximate surface area is 372 Å². The minimum atomic E-state index is -0.0119. The van der Waals surface area contributed by atoms with Crippen molar-refractivity contribution in [3.05, 3.63) is 125 Å². The smallest absolute Gasteiger partial charge is 0.162 e. The number of aryl methyl sites for hydroxylation is 1. The average molecular weight is 983 g/mol. The maximum Gasteiger partial charge on any atom is 0.162 e. The van der Waals surface area contributed by atoms with Crippen molar-refractivity contribution in [2.75, 3.05) is 0 Å². The molecular weight excluding hydrogens is 919 g/mol. The first-order chi connectivity index (χ1) is 27.2. The Bertz CT molecular complexity index is 2480. The summed E-state index contributed by atoms with van der Waals surface area (Å²) in [5.74, 6) is 1.63. The molecule has 1 N–H and O–H groups in total. The number of aliphatic hydroxyl groups excluding tert-OH is 1. The Morgan fingerprint density at radius 3 is 1.98 bits per heavy atom. The van der Waals surface area contributed by atoms with Gasteiger partial charge < -0.3 is 5.11 Å². The second kappa shape index (κ2) is 18.0. The summed E-state index contributed by atoms with van der Waals surface area (Å²) in [5, 5.41) is 14.0. The molecule has 0 unspecified atom stereocenters. The van der Waals surface area contributed by atoms with Gasteiger partial charge in [-0.25, -0.2) is 0 Å². The van der Waals surface area contributed by atoms with Gasteiger partial charge in [-0.2, -0.15) is 0 Å². The number of hydrogen-bond donors (Lipinski definition) is 1. The second-order valence-electron chi connectivity index (χ2n) is 19.4. The molecule has 59 heavy (non-hydrogen) atoms. The van der Waals surface area contributed by atoms with Gasteiger partial charge in [0.05, 0.1) is 5.76 Å². The maximum absolute atomic E-state index is 12.3. The number of fused-ring (bicyclic) bond motifs is 5. The van der Waals surface area contributed by atoms with E-state index in [2.05, 4.69) is 182 Å². The van der Waals surface area contributed by atoms with E-state index in [0.29, 0.717) is 23.7 Å². The van der Waals surface area contributed by atoms with Gasteiger partial charge in [0.2, 0.25) is 0 Å². The third kappa shape index (κ3) is 9.09. The molecule has 3 nitrogen and oxygen atoms in total. The number of hydrogen-bond acceptors (Lipinski definition) is 4. The Morgan fingerprint density at radius 2 is 1.36 bits per heavy atom. The summed E-state index contributed by atoms with van der Waals surface area (Å²) in [6.45, 7) is 30.4. The SMILES string of the molecule is CC(C)C(C(=O)/C=C(\O)C(C(C)C)C(C)C)C(C)C.Cc1c(-c2ccc3c(c2)C(C)(C)c2ccccc2-3)sc2c(-c3[c-]c4ccccc4c(C(C)(C)C)c3)nccc12.[Ir]. The zero-order valence-electron chi connectivity index (χ0n) is 37.7. The van der Waals surface area contributed by atoms with E-state index in [4.69, 9.17) is 4.98 Å². The molecule has 2 heterocycles. The zero-order chi connectivity index (χ0) is 42.4. The van der Waals surface area contributed by atoms with E-state index < -0.39 is 0 Å². The molecule has 2 aromatic heterocycles. The number of carbonyl (C=O) groups excluding carboxylic acids is 1. The van der Waals surface area contributed by atoms with Crippen LogP contribution in [0.1, 0.15) is 112 Å². The standard InChI is InChI=1S/C37H32NS.C17H32O2.Ir/c1-22-26-17-18-38-33(25-19-23-11-7-8-12-27(23)31(21-25)36(2,3)4)35(26)39-34(22)24-15-16-29-28-13-9-10-14-30(28)37(5,6)32(29)20-24;1-10(2)16(11(3)4)14(18)9-15(19)17(12(5)6)13(7)8;/h7-18,20-21H,1-6H3;9-13,16-18H,1-8H3;/q-1;;/b;14-9-;. The number of ketones is 1. The summed E-state index contributed by atoms with van der Waals surface area (Å²) in [6.07, 6.45) is 3.44. The summed E-state index contributed by atoms with van der Waals surface area (Å²) < 4.78 is 1.24. The van der Waals surface area contributed by atoms with Crippen molar-refractivity contribution in [2.45, 2.75) is 108 Å². The molecular formula is C54H64IrNO2S-. The van der Waals surface area contributed by atoms with Gasteiger partial charge in [-0.1, -0.05) is 156 Å². The molecule has 1 radical (unpaired) electrons. The van der Waals surface area contributed by atoms with Gasteiger partial charge in [0, 0.05) is 64.9 Å². The molecule has 0 bridgehead atoms. The van der Waals surface area contributed by atoms with Gasteiger partial charge in [0.25, 0.3) is 0 Å². The number of benzene rings is 4. The van der Waals surface area contributed by atoms with Crippen molar-refractivity contribution in [1.82, 2.24) is 4.98 Å². The molecule has 0 amide bonds. The van der Waals surface area contributed by atoms with Crippen LogP contribution in [0, 0.1) is 48.5 Å². The maximum atomic E-state index is 12.3. The van der Waals surface area contributed by atoms with Crippen molar-refractivity contribution < 1.29 is 30.0 Å².